The Hall–Kier alpha value is -3.53. The lowest BCUT2D eigenvalue weighted by Crippen LogP contribution is -2.33. The molecule has 2 N–H and O–H groups in total. The van der Waals surface area contributed by atoms with Gasteiger partial charge in [-0.05, 0) is 60.7 Å². The zero-order valence-electron chi connectivity index (χ0n) is 17.4. The number of pyridine rings is 1. The van der Waals surface area contributed by atoms with Gasteiger partial charge in [0.1, 0.15) is 0 Å². The van der Waals surface area contributed by atoms with Crippen LogP contribution in [0, 0.1) is 0 Å². The number of anilines is 3. The first-order valence-electron chi connectivity index (χ1n) is 9.94. The third kappa shape index (κ3) is 4.95. The molecule has 2 aromatic carbocycles. The zero-order chi connectivity index (χ0) is 23.6. The molecule has 4 rings (SSSR count). The summed E-state index contributed by atoms with van der Waals surface area (Å²) >= 11 is 1.03. The van der Waals surface area contributed by atoms with Crippen LogP contribution < -0.4 is 15.5 Å². The van der Waals surface area contributed by atoms with Gasteiger partial charge in [-0.15, -0.1) is 11.8 Å². The summed E-state index contributed by atoms with van der Waals surface area (Å²) in [6, 6.07) is 11.7. The van der Waals surface area contributed by atoms with Gasteiger partial charge in [0, 0.05) is 46.5 Å². The van der Waals surface area contributed by atoms with Crippen LogP contribution in [0.5, 0.6) is 0 Å². The summed E-state index contributed by atoms with van der Waals surface area (Å²) in [6.45, 7) is 0.273. The Morgan fingerprint density at radius 3 is 2.39 bits per heavy atom. The Bertz CT molecular complexity index is 1200. The van der Waals surface area contributed by atoms with Crippen LogP contribution >= 0.6 is 11.8 Å². The number of hydrogen-bond acceptors (Lipinski definition) is 4. The monoisotopic (exact) mass is 472 g/mol. The molecule has 0 aliphatic carbocycles. The van der Waals surface area contributed by atoms with E-state index in [1.165, 1.54) is 23.4 Å². The quantitative estimate of drug-likeness (QED) is 0.480. The molecule has 3 aromatic rings. The fraction of sp³-hybridized carbons (Fsp3) is 0.174. The van der Waals surface area contributed by atoms with Crippen LogP contribution in [0.15, 0.2) is 65.8 Å². The van der Waals surface area contributed by atoms with Crippen molar-refractivity contribution in [2.45, 2.75) is 17.5 Å². The highest BCUT2D eigenvalue weighted by Crippen LogP contribution is 2.42. The van der Waals surface area contributed by atoms with Gasteiger partial charge in [-0.3, -0.25) is 14.7 Å². The summed E-state index contributed by atoms with van der Waals surface area (Å²) < 4.78 is 40.4. The summed E-state index contributed by atoms with van der Waals surface area (Å²) in [4.78, 5) is 30.5. The minimum atomic E-state index is -4.51. The standard InChI is InChI=1S/C23H19F3N4O2S/c1-33-20-11-15-7-10-30(19(15)13-18(20)23(24,25)26)22(32)29-17-4-2-3-16(12-17)28-21(31)14-5-8-27-9-6-14/h2-6,8-9,11-13H,7,10H2,1H3,(H,28,31)(H,29,32). The van der Waals surface area contributed by atoms with Crippen LogP contribution in [0.3, 0.4) is 0 Å². The lowest BCUT2D eigenvalue weighted by molar-refractivity contribution is -0.139. The maximum atomic E-state index is 13.5. The second kappa shape index (κ2) is 9.14. The second-order valence-corrected chi connectivity index (χ2v) is 8.13. The van der Waals surface area contributed by atoms with Crippen molar-refractivity contribution in [1.82, 2.24) is 4.98 Å². The topological polar surface area (TPSA) is 74.3 Å². The Morgan fingerprint density at radius 1 is 1.03 bits per heavy atom. The van der Waals surface area contributed by atoms with Crippen molar-refractivity contribution in [3.8, 4) is 0 Å². The van der Waals surface area contributed by atoms with E-state index >= 15 is 0 Å². The van der Waals surface area contributed by atoms with E-state index < -0.39 is 17.8 Å². The van der Waals surface area contributed by atoms with Crippen LogP contribution in [0.1, 0.15) is 21.5 Å². The van der Waals surface area contributed by atoms with Gasteiger partial charge in [0.15, 0.2) is 0 Å². The molecule has 1 aliphatic heterocycles. The highest BCUT2D eigenvalue weighted by atomic mass is 32.2. The third-order valence-electron chi connectivity index (χ3n) is 5.16. The normalized spacial score (nSPS) is 12.9. The van der Waals surface area contributed by atoms with E-state index in [0.29, 0.717) is 28.9 Å². The van der Waals surface area contributed by atoms with Gasteiger partial charge in [0.05, 0.1) is 5.56 Å². The fourth-order valence-electron chi connectivity index (χ4n) is 3.59. The van der Waals surface area contributed by atoms with Gasteiger partial charge >= 0.3 is 12.2 Å². The van der Waals surface area contributed by atoms with Gasteiger partial charge in [-0.1, -0.05) is 6.07 Å². The number of fused-ring (bicyclic) bond motifs is 1. The number of nitrogens with one attached hydrogen (secondary N) is 2. The number of aromatic nitrogens is 1. The van der Waals surface area contributed by atoms with Crippen LogP contribution in [0.4, 0.5) is 35.0 Å². The molecule has 0 unspecified atom stereocenters. The van der Waals surface area contributed by atoms with Crippen molar-refractivity contribution in [3.05, 3.63) is 77.6 Å². The molecule has 0 saturated heterocycles. The molecule has 2 heterocycles. The number of hydrogen-bond donors (Lipinski definition) is 2. The predicted octanol–water partition coefficient (Wildman–Crippen LogP) is 5.67. The van der Waals surface area contributed by atoms with Gasteiger partial charge < -0.3 is 10.6 Å². The highest BCUT2D eigenvalue weighted by Gasteiger charge is 2.36. The lowest BCUT2D eigenvalue weighted by atomic mass is 10.1. The molecule has 1 aliphatic rings. The largest absolute Gasteiger partial charge is 0.417 e. The van der Waals surface area contributed by atoms with E-state index in [4.69, 9.17) is 0 Å². The number of rotatable bonds is 4. The second-order valence-electron chi connectivity index (χ2n) is 7.28. The fourth-order valence-corrected chi connectivity index (χ4v) is 4.24. The molecular weight excluding hydrogens is 453 g/mol. The molecule has 3 amide bonds. The van der Waals surface area contributed by atoms with Gasteiger partial charge in [0.25, 0.3) is 5.91 Å². The maximum absolute atomic E-state index is 13.5. The Labute approximate surface area is 192 Å². The number of alkyl halides is 3. The molecule has 0 atom stereocenters. The summed E-state index contributed by atoms with van der Waals surface area (Å²) in [7, 11) is 0. The Balaban J connectivity index is 1.51. The molecule has 10 heteroatoms. The van der Waals surface area contributed by atoms with E-state index in [2.05, 4.69) is 15.6 Å². The molecule has 1 aromatic heterocycles. The predicted molar refractivity (Wildman–Crippen MR) is 122 cm³/mol. The molecule has 33 heavy (non-hydrogen) atoms. The van der Waals surface area contributed by atoms with Crippen molar-refractivity contribution >= 4 is 40.8 Å². The van der Waals surface area contributed by atoms with Crippen LogP contribution in [-0.4, -0.2) is 29.7 Å². The minimum absolute atomic E-state index is 0.140. The first kappa shape index (κ1) is 22.7. The number of carbonyl (C=O) groups excluding carboxylic acids is 2. The van der Waals surface area contributed by atoms with Crippen LogP contribution in [0.2, 0.25) is 0 Å². The molecule has 0 saturated carbocycles. The average Bonchev–Trinajstić information content (AvgIpc) is 3.21. The van der Waals surface area contributed by atoms with Crippen molar-refractivity contribution in [2.75, 3.05) is 28.3 Å². The summed E-state index contributed by atoms with van der Waals surface area (Å²) in [5, 5.41) is 5.44. The summed E-state index contributed by atoms with van der Waals surface area (Å²) in [6.07, 6.45) is 0.560. The highest BCUT2D eigenvalue weighted by molar-refractivity contribution is 7.98. The molecular formula is C23H19F3N4O2S. The van der Waals surface area contributed by atoms with Crippen LogP contribution in [0.25, 0.3) is 0 Å². The van der Waals surface area contributed by atoms with E-state index in [9.17, 15) is 22.8 Å². The Morgan fingerprint density at radius 2 is 1.73 bits per heavy atom. The number of nitrogens with zero attached hydrogens (tertiary/aromatic N) is 2. The number of urea groups is 1. The molecule has 0 radical (unpaired) electrons. The van der Waals surface area contributed by atoms with Crippen molar-refractivity contribution < 1.29 is 22.8 Å². The number of halogens is 3. The number of carbonyl (C=O) groups is 2. The van der Waals surface area contributed by atoms with Crippen molar-refractivity contribution in [2.24, 2.45) is 0 Å². The van der Waals surface area contributed by atoms with Gasteiger partial charge in [-0.25, -0.2) is 4.79 Å². The van der Waals surface area contributed by atoms with Crippen LogP contribution in [-0.2, 0) is 12.6 Å². The van der Waals surface area contributed by atoms with Gasteiger partial charge in [-0.2, -0.15) is 13.2 Å². The molecule has 0 bridgehead atoms. The Kier molecular flexibility index (Phi) is 6.28. The first-order valence-corrected chi connectivity index (χ1v) is 11.2. The van der Waals surface area contributed by atoms with E-state index in [1.54, 1.807) is 42.7 Å². The van der Waals surface area contributed by atoms with Gasteiger partial charge in [0.2, 0.25) is 0 Å². The van der Waals surface area contributed by atoms with E-state index in [0.717, 1.165) is 17.8 Å². The number of thioether (sulfide) groups is 1. The molecule has 170 valence electrons. The molecule has 6 nitrogen and oxygen atoms in total. The molecule has 0 spiro atoms. The number of benzene rings is 2. The zero-order valence-corrected chi connectivity index (χ0v) is 18.3. The molecule has 0 fully saturated rings. The lowest BCUT2D eigenvalue weighted by Gasteiger charge is -2.20. The summed E-state index contributed by atoms with van der Waals surface area (Å²) in [5.41, 5.74) is 1.48. The average molecular weight is 472 g/mol. The smallest absolute Gasteiger partial charge is 0.322 e. The number of amides is 3. The first-order chi connectivity index (χ1) is 15.8. The van der Waals surface area contributed by atoms with E-state index in [-0.39, 0.29) is 23.0 Å². The third-order valence-corrected chi connectivity index (χ3v) is 5.94. The minimum Gasteiger partial charge on any atom is -0.322 e. The van der Waals surface area contributed by atoms with Crippen molar-refractivity contribution in [3.63, 3.8) is 0 Å². The SMILES string of the molecule is CSc1cc2c(cc1C(F)(F)F)N(C(=O)Nc1cccc(NC(=O)c3ccncc3)c1)CC2. The van der Waals surface area contributed by atoms with Crippen molar-refractivity contribution in [1.29, 1.82) is 0 Å². The maximum Gasteiger partial charge on any atom is 0.417 e. The summed E-state index contributed by atoms with van der Waals surface area (Å²) in [5.74, 6) is -0.335. The van der Waals surface area contributed by atoms with E-state index in [1.807, 2.05) is 0 Å².